The number of nitro benzene ring substituents is 1. The molecule has 1 rings (SSSR count). The molecule has 1 aromatic carbocycles. The zero-order valence-electron chi connectivity index (χ0n) is 10.5. The molecule has 0 fully saturated rings. The fourth-order valence-electron chi connectivity index (χ4n) is 1.46. The van der Waals surface area contributed by atoms with Crippen LogP contribution in [0, 0.1) is 10.1 Å². The van der Waals surface area contributed by atoms with E-state index < -0.39 is 17.0 Å². The Morgan fingerprint density at radius 1 is 1.30 bits per heavy atom. The van der Waals surface area contributed by atoms with E-state index in [2.05, 4.69) is 5.32 Å². The molecule has 0 aliphatic carbocycles. The van der Waals surface area contributed by atoms with Crippen molar-refractivity contribution in [1.82, 2.24) is 5.32 Å². The molecule has 108 valence electrons. The lowest BCUT2D eigenvalue weighted by Crippen LogP contribution is -2.30. The number of aliphatic hydroxyl groups excluding tert-OH is 1. The molecule has 20 heavy (non-hydrogen) atoms. The molecular formula is C12H14N2O6. The SMILES string of the molecule is O=C(Cc1ccc([N+](=O)[O-])cc1)NCCC(O)C(=O)O. The molecule has 1 atom stereocenters. The number of aliphatic hydroxyl groups is 1. The molecule has 1 unspecified atom stereocenters. The number of hydrogen-bond donors (Lipinski definition) is 3. The van der Waals surface area contributed by atoms with Crippen LogP contribution < -0.4 is 5.32 Å². The molecule has 0 aliphatic heterocycles. The average Bonchev–Trinajstić information content (AvgIpc) is 2.39. The first kappa shape index (κ1) is 15.6. The first-order chi connectivity index (χ1) is 9.40. The number of carboxylic acids is 1. The quantitative estimate of drug-likeness (QED) is 0.480. The third-order valence-electron chi connectivity index (χ3n) is 2.54. The number of carboxylic acid groups (broad SMARTS) is 1. The Morgan fingerprint density at radius 2 is 1.90 bits per heavy atom. The molecule has 8 nitrogen and oxygen atoms in total. The van der Waals surface area contributed by atoms with Crippen molar-refractivity contribution in [2.45, 2.75) is 18.9 Å². The van der Waals surface area contributed by atoms with Gasteiger partial charge >= 0.3 is 5.97 Å². The molecule has 0 aliphatic rings. The lowest BCUT2D eigenvalue weighted by Gasteiger charge is -2.07. The number of non-ortho nitro benzene ring substituents is 1. The number of rotatable bonds is 7. The van der Waals surface area contributed by atoms with Crippen LogP contribution in [0.1, 0.15) is 12.0 Å². The van der Waals surface area contributed by atoms with Gasteiger partial charge in [0.25, 0.3) is 5.69 Å². The molecule has 0 saturated heterocycles. The van der Waals surface area contributed by atoms with Gasteiger partial charge in [-0.05, 0) is 5.56 Å². The second-order valence-electron chi connectivity index (χ2n) is 4.09. The van der Waals surface area contributed by atoms with Crippen molar-refractivity contribution in [2.75, 3.05) is 6.54 Å². The summed E-state index contributed by atoms with van der Waals surface area (Å²) in [6.07, 6.45) is -1.56. The summed E-state index contributed by atoms with van der Waals surface area (Å²) in [6, 6.07) is 5.56. The van der Waals surface area contributed by atoms with Gasteiger partial charge in [0.2, 0.25) is 5.91 Å². The molecule has 8 heteroatoms. The highest BCUT2D eigenvalue weighted by Gasteiger charge is 2.13. The standard InChI is InChI=1S/C12H14N2O6/c15-10(12(17)18)5-6-13-11(16)7-8-1-3-9(4-2-8)14(19)20/h1-4,10,15H,5-7H2,(H,13,16)(H,17,18). The number of amides is 1. The Balaban J connectivity index is 2.39. The first-order valence-corrected chi connectivity index (χ1v) is 5.81. The Kier molecular flexibility index (Phi) is 5.60. The third kappa shape index (κ3) is 5.02. The predicted molar refractivity (Wildman–Crippen MR) is 68.1 cm³/mol. The van der Waals surface area contributed by atoms with E-state index in [0.717, 1.165) is 0 Å². The van der Waals surface area contributed by atoms with E-state index in [9.17, 15) is 19.7 Å². The van der Waals surface area contributed by atoms with Gasteiger partial charge in [-0.25, -0.2) is 4.79 Å². The number of nitrogens with one attached hydrogen (secondary N) is 1. The van der Waals surface area contributed by atoms with Gasteiger partial charge in [0.1, 0.15) is 0 Å². The summed E-state index contributed by atoms with van der Waals surface area (Å²) in [5.74, 6) is -1.69. The fraction of sp³-hybridized carbons (Fsp3) is 0.333. The molecule has 3 N–H and O–H groups in total. The summed E-state index contributed by atoms with van der Waals surface area (Å²) in [5.41, 5.74) is 0.547. The zero-order chi connectivity index (χ0) is 15.1. The van der Waals surface area contributed by atoms with Crippen molar-refractivity contribution < 1.29 is 24.7 Å². The smallest absolute Gasteiger partial charge is 0.332 e. The first-order valence-electron chi connectivity index (χ1n) is 5.81. The highest BCUT2D eigenvalue weighted by Crippen LogP contribution is 2.12. The van der Waals surface area contributed by atoms with E-state index in [1.165, 1.54) is 24.3 Å². The molecule has 0 radical (unpaired) electrons. The topological polar surface area (TPSA) is 130 Å². The Morgan fingerprint density at radius 3 is 2.40 bits per heavy atom. The number of nitrogens with zero attached hydrogens (tertiary/aromatic N) is 1. The van der Waals surface area contributed by atoms with E-state index in [0.29, 0.717) is 5.56 Å². The van der Waals surface area contributed by atoms with Gasteiger partial charge in [-0.1, -0.05) is 12.1 Å². The number of aliphatic carboxylic acids is 1. The molecule has 0 aromatic heterocycles. The molecule has 0 spiro atoms. The number of benzene rings is 1. The monoisotopic (exact) mass is 282 g/mol. The number of carbonyl (C=O) groups excluding carboxylic acids is 1. The second kappa shape index (κ2) is 7.19. The molecule has 0 heterocycles. The summed E-state index contributed by atoms with van der Waals surface area (Å²) in [4.78, 5) is 31.8. The van der Waals surface area contributed by atoms with Gasteiger partial charge in [0, 0.05) is 25.1 Å². The maximum atomic E-state index is 11.5. The highest BCUT2D eigenvalue weighted by atomic mass is 16.6. The van der Waals surface area contributed by atoms with Gasteiger partial charge in [0.15, 0.2) is 6.10 Å². The summed E-state index contributed by atoms with van der Waals surface area (Å²) >= 11 is 0. The second-order valence-corrected chi connectivity index (χ2v) is 4.09. The van der Waals surface area contributed by atoms with Crippen molar-refractivity contribution in [3.8, 4) is 0 Å². The van der Waals surface area contributed by atoms with Crippen LogP contribution in [0.15, 0.2) is 24.3 Å². The minimum absolute atomic E-state index is 0.0289. The number of hydrogen-bond acceptors (Lipinski definition) is 5. The lowest BCUT2D eigenvalue weighted by atomic mass is 10.1. The highest BCUT2D eigenvalue weighted by molar-refractivity contribution is 5.78. The van der Waals surface area contributed by atoms with E-state index in [1.54, 1.807) is 0 Å². The number of nitro groups is 1. The van der Waals surface area contributed by atoms with Crippen LogP contribution >= 0.6 is 0 Å². The third-order valence-corrected chi connectivity index (χ3v) is 2.54. The predicted octanol–water partition coefficient (Wildman–Crippen LogP) is 0.0891. The van der Waals surface area contributed by atoms with Crippen LogP contribution in [0.25, 0.3) is 0 Å². The summed E-state index contributed by atoms with van der Waals surface area (Å²) < 4.78 is 0. The van der Waals surface area contributed by atoms with Crippen LogP contribution in [0.5, 0.6) is 0 Å². The summed E-state index contributed by atoms with van der Waals surface area (Å²) in [6.45, 7) is 0.0410. The van der Waals surface area contributed by atoms with Gasteiger partial charge in [0.05, 0.1) is 11.3 Å². The fourth-order valence-corrected chi connectivity index (χ4v) is 1.46. The Hall–Kier alpha value is -2.48. The molecule has 0 saturated carbocycles. The van der Waals surface area contributed by atoms with Gasteiger partial charge < -0.3 is 15.5 Å². The molecule has 1 aromatic rings. The van der Waals surface area contributed by atoms with Crippen LogP contribution in [0.3, 0.4) is 0 Å². The van der Waals surface area contributed by atoms with Crippen molar-refractivity contribution >= 4 is 17.6 Å². The van der Waals surface area contributed by atoms with E-state index in [-0.39, 0.29) is 31.0 Å². The van der Waals surface area contributed by atoms with Crippen molar-refractivity contribution in [3.63, 3.8) is 0 Å². The van der Waals surface area contributed by atoms with E-state index in [4.69, 9.17) is 10.2 Å². The maximum Gasteiger partial charge on any atom is 0.332 e. The minimum Gasteiger partial charge on any atom is -0.479 e. The summed E-state index contributed by atoms with van der Waals surface area (Å²) in [7, 11) is 0. The molecule has 1 amide bonds. The van der Waals surface area contributed by atoms with Gasteiger partial charge in [-0.3, -0.25) is 14.9 Å². The van der Waals surface area contributed by atoms with Crippen LogP contribution in [0.4, 0.5) is 5.69 Å². The van der Waals surface area contributed by atoms with Gasteiger partial charge in [-0.15, -0.1) is 0 Å². The van der Waals surface area contributed by atoms with Crippen molar-refractivity contribution in [3.05, 3.63) is 39.9 Å². The van der Waals surface area contributed by atoms with E-state index >= 15 is 0 Å². The maximum absolute atomic E-state index is 11.5. The van der Waals surface area contributed by atoms with E-state index in [1.807, 2.05) is 0 Å². The zero-order valence-corrected chi connectivity index (χ0v) is 10.5. The Labute approximate surface area is 114 Å². The normalized spacial score (nSPS) is 11.7. The van der Waals surface area contributed by atoms with Gasteiger partial charge in [-0.2, -0.15) is 0 Å². The van der Waals surface area contributed by atoms with Crippen LogP contribution in [-0.4, -0.2) is 39.7 Å². The lowest BCUT2D eigenvalue weighted by molar-refractivity contribution is -0.384. The number of carbonyl (C=O) groups is 2. The molecular weight excluding hydrogens is 268 g/mol. The van der Waals surface area contributed by atoms with Crippen molar-refractivity contribution in [2.24, 2.45) is 0 Å². The average molecular weight is 282 g/mol. The van der Waals surface area contributed by atoms with Crippen LogP contribution in [-0.2, 0) is 16.0 Å². The Bertz CT molecular complexity index is 499. The van der Waals surface area contributed by atoms with Crippen LogP contribution in [0.2, 0.25) is 0 Å². The van der Waals surface area contributed by atoms with Crippen molar-refractivity contribution in [1.29, 1.82) is 0 Å². The largest absolute Gasteiger partial charge is 0.479 e. The summed E-state index contributed by atoms with van der Waals surface area (Å²) in [5, 5.41) is 30.3. The minimum atomic E-state index is -1.50. The molecule has 0 bridgehead atoms.